The van der Waals surface area contributed by atoms with Crippen LogP contribution in [0, 0.1) is 0 Å². The van der Waals surface area contributed by atoms with Gasteiger partial charge in [0.1, 0.15) is 6.54 Å². The minimum Gasteiger partial charge on any atom is -0.462 e. The minimum absolute atomic E-state index is 0.00237. The summed E-state index contributed by atoms with van der Waals surface area (Å²) in [6.07, 6.45) is -5.19. The smallest absolute Gasteiger partial charge is 0.462 e. The number of halogens is 4. The summed E-state index contributed by atoms with van der Waals surface area (Å²) >= 11 is 5.99. The van der Waals surface area contributed by atoms with Crippen LogP contribution < -0.4 is 4.90 Å². The molecule has 248 valence electrons. The predicted octanol–water partition coefficient (Wildman–Crippen LogP) is 4.80. The van der Waals surface area contributed by atoms with Gasteiger partial charge in [-0.25, -0.2) is 9.59 Å². The molecule has 10 nitrogen and oxygen atoms in total. The minimum atomic E-state index is -5.19. The van der Waals surface area contributed by atoms with Crippen molar-refractivity contribution in [3.05, 3.63) is 99.6 Å². The zero-order chi connectivity index (χ0) is 34.1. The van der Waals surface area contributed by atoms with E-state index in [0.29, 0.717) is 40.5 Å². The molecule has 0 unspecified atom stereocenters. The van der Waals surface area contributed by atoms with E-state index in [2.05, 4.69) is 0 Å². The monoisotopic (exact) mass is 672 g/mol. The van der Waals surface area contributed by atoms with Crippen LogP contribution in [-0.4, -0.2) is 85.0 Å². The van der Waals surface area contributed by atoms with Gasteiger partial charge in [-0.05, 0) is 68.5 Å². The number of carbonyl (C=O) groups excluding carboxylic acids is 4. The van der Waals surface area contributed by atoms with E-state index in [9.17, 15) is 32.3 Å². The average Bonchev–Trinajstić information content (AvgIpc) is 3.24. The molecule has 0 bridgehead atoms. The molecule has 1 fully saturated rings. The molecule has 5 rings (SSSR count). The fourth-order valence-corrected chi connectivity index (χ4v) is 5.90. The second-order valence-corrected chi connectivity index (χ2v) is 11.7. The van der Waals surface area contributed by atoms with Gasteiger partial charge in [-0.1, -0.05) is 41.9 Å². The molecule has 0 saturated carbocycles. The van der Waals surface area contributed by atoms with Crippen LogP contribution in [0.2, 0.25) is 5.02 Å². The normalized spacial score (nSPS) is 16.9. The number of likely N-dealkylation sites (N-methyl/N-ethyl adjacent to an activating group) is 2. The first-order valence-corrected chi connectivity index (χ1v) is 15.1. The number of hydrogen-bond acceptors (Lipinski definition) is 8. The zero-order valence-electron chi connectivity index (χ0n) is 25.8. The van der Waals surface area contributed by atoms with Crippen molar-refractivity contribution in [3.63, 3.8) is 0 Å². The van der Waals surface area contributed by atoms with Crippen molar-refractivity contribution in [2.75, 3.05) is 45.2 Å². The number of alkyl halides is 3. The fourth-order valence-electron chi connectivity index (χ4n) is 5.77. The van der Waals surface area contributed by atoms with E-state index in [-0.39, 0.29) is 43.3 Å². The first kappa shape index (κ1) is 33.9. The lowest BCUT2D eigenvalue weighted by Crippen LogP contribution is -2.53. The molecule has 47 heavy (non-hydrogen) atoms. The van der Waals surface area contributed by atoms with Gasteiger partial charge in [-0.15, -0.1) is 0 Å². The predicted molar refractivity (Wildman–Crippen MR) is 165 cm³/mol. The van der Waals surface area contributed by atoms with Crippen LogP contribution in [0.3, 0.4) is 0 Å². The van der Waals surface area contributed by atoms with Crippen LogP contribution >= 0.6 is 11.6 Å². The maximum absolute atomic E-state index is 13.8. The lowest BCUT2D eigenvalue weighted by Gasteiger charge is -2.40. The van der Waals surface area contributed by atoms with Crippen molar-refractivity contribution < 1.29 is 41.8 Å². The van der Waals surface area contributed by atoms with Gasteiger partial charge in [-0.2, -0.15) is 13.2 Å². The molecular formula is C33H32ClF3N4O6. The Morgan fingerprint density at radius 3 is 2.11 bits per heavy atom. The average molecular weight is 673 g/mol. The summed E-state index contributed by atoms with van der Waals surface area (Å²) in [5.74, 6) is -5.50. The number of fused-ring (bicyclic) bond motifs is 1. The summed E-state index contributed by atoms with van der Waals surface area (Å²) in [5.41, 5.74) is 2.45. The highest BCUT2D eigenvalue weighted by molar-refractivity contribution is 6.30. The van der Waals surface area contributed by atoms with E-state index >= 15 is 0 Å². The van der Waals surface area contributed by atoms with Gasteiger partial charge < -0.3 is 19.3 Å². The van der Waals surface area contributed by atoms with E-state index in [0.717, 1.165) is 0 Å². The molecule has 0 radical (unpaired) electrons. The van der Waals surface area contributed by atoms with Crippen molar-refractivity contribution in [1.29, 1.82) is 0 Å². The van der Waals surface area contributed by atoms with Gasteiger partial charge in [0.05, 0.1) is 18.7 Å². The number of benzene rings is 3. The number of hydrogen-bond donors (Lipinski definition) is 0. The van der Waals surface area contributed by atoms with Crippen LogP contribution in [0.4, 0.5) is 18.9 Å². The van der Waals surface area contributed by atoms with Crippen molar-refractivity contribution in [1.82, 2.24) is 14.7 Å². The topological polar surface area (TPSA) is 99.7 Å². The molecule has 2 heterocycles. The molecular weight excluding hydrogens is 641 g/mol. The van der Waals surface area contributed by atoms with Crippen LogP contribution in [0.25, 0.3) is 0 Å². The number of ether oxygens (including phenoxy) is 2. The number of esters is 2. The van der Waals surface area contributed by atoms with E-state index in [1.54, 1.807) is 87.7 Å². The first-order valence-electron chi connectivity index (χ1n) is 14.7. The fraction of sp³-hybridized carbons (Fsp3) is 0.333. The number of nitrogens with zero attached hydrogens (tertiary/aromatic N) is 4. The number of rotatable bonds is 7. The Kier molecular flexibility index (Phi) is 9.62. The molecule has 0 aliphatic carbocycles. The Morgan fingerprint density at radius 2 is 1.51 bits per heavy atom. The molecule has 3 aromatic rings. The quantitative estimate of drug-likeness (QED) is 0.330. The summed E-state index contributed by atoms with van der Waals surface area (Å²) in [4.78, 5) is 57.8. The largest absolute Gasteiger partial charge is 0.491 e. The Morgan fingerprint density at radius 1 is 0.894 bits per heavy atom. The molecule has 2 amide bonds. The molecule has 3 aromatic carbocycles. The number of carbonyl (C=O) groups is 4. The van der Waals surface area contributed by atoms with Crippen molar-refractivity contribution in [2.45, 2.75) is 32.0 Å². The Bertz CT molecular complexity index is 1670. The van der Waals surface area contributed by atoms with Crippen LogP contribution in [0.5, 0.6) is 0 Å². The summed E-state index contributed by atoms with van der Waals surface area (Å²) in [6.45, 7) is 2.33. The maximum atomic E-state index is 13.8. The first-order chi connectivity index (χ1) is 22.2. The molecule has 14 heteroatoms. The summed E-state index contributed by atoms with van der Waals surface area (Å²) < 4.78 is 50.1. The van der Waals surface area contributed by atoms with Crippen LogP contribution in [0.15, 0.2) is 66.7 Å². The third kappa shape index (κ3) is 6.83. The highest BCUT2D eigenvalue weighted by Gasteiger charge is 2.53. The summed E-state index contributed by atoms with van der Waals surface area (Å²) in [6, 6.07) is 17.4. The molecule has 0 N–H and O–H groups in total. The van der Waals surface area contributed by atoms with E-state index in [4.69, 9.17) is 21.1 Å². The van der Waals surface area contributed by atoms with Crippen LogP contribution in [-0.2, 0) is 38.0 Å². The van der Waals surface area contributed by atoms with E-state index in [1.807, 2.05) is 0 Å². The van der Waals surface area contributed by atoms with Gasteiger partial charge in [0.2, 0.25) is 5.91 Å². The second-order valence-electron chi connectivity index (χ2n) is 11.2. The van der Waals surface area contributed by atoms with Gasteiger partial charge in [0.25, 0.3) is 11.8 Å². The van der Waals surface area contributed by atoms with Gasteiger partial charge in [0, 0.05) is 41.5 Å². The van der Waals surface area contributed by atoms with Crippen LogP contribution in [0.1, 0.15) is 44.3 Å². The highest BCUT2D eigenvalue weighted by atomic mass is 35.5. The van der Waals surface area contributed by atoms with Gasteiger partial charge in [-0.3, -0.25) is 19.4 Å². The highest BCUT2D eigenvalue weighted by Crippen LogP contribution is 2.38. The Hall–Kier alpha value is -4.46. The zero-order valence-corrected chi connectivity index (χ0v) is 26.6. The SMILES string of the molecule is CCOC(=O)c1ccc2c(c1)N(Cc1ccc(C3(OC(=O)C(F)(F)F)N(C)CCN3C)cc1)C(=O)CN(C(=O)c1ccc(Cl)cc1)C2. The molecule has 0 spiro atoms. The Balaban J connectivity index is 1.48. The van der Waals surface area contributed by atoms with E-state index < -0.39 is 29.9 Å². The molecule has 0 aromatic heterocycles. The molecule has 0 atom stereocenters. The lowest BCUT2D eigenvalue weighted by atomic mass is 10.0. The van der Waals surface area contributed by atoms with Crippen molar-refractivity contribution in [2.24, 2.45) is 0 Å². The van der Waals surface area contributed by atoms with Gasteiger partial charge in [0.15, 0.2) is 0 Å². The molecule has 2 aliphatic rings. The third-order valence-electron chi connectivity index (χ3n) is 8.20. The number of anilines is 1. The third-order valence-corrected chi connectivity index (χ3v) is 8.45. The van der Waals surface area contributed by atoms with Gasteiger partial charge >= 0.3 is 18.1 Å². The summed E-state index contributed by atoms with van der Waals surface area (Å²) in [7, 11) is 3.12. The standard InChI is InChI=1S/C33H32ClF3N4O6/c1-4-46-30(44)23-7-8-24-19-40(29(43)22-9-13-26(34)14-10-22)20-28(42)41(27(24)17-23)18-21-5-11-25(12-6-21)33(38(2)15-16-39(33)3)47-31(45)32(35,36)37/h5-14,17H,4,15-16,18-20H2,1-3H3. The van der Waals surface area contributed by atoms with E-state index in [1.165, 1.54) is 19.6 Å². The summed E-state index contributed by atoms with van der Waals surface area (Å²) in [5, 5.41) is 0.457. The molecule has 1 saturated heterocycles. The van der Waals surface area contributed by atoms with Crippen molar-refractivity contribution >= 4 is 41.0 Å². The maximum Gasteiger partial charge on any atom is 0.491 e. The number of amides is 2. The van der Waals surface area contributed by atoms with Crippen molar-refractivity contribution in [3.8, 4) is 0 Å². The molecule has 2 aliphatic heterocycles. The lowest BCUT2D eigenvalue weighted by molar-refractivity contribution is -0.250. The second kappa shape index (κ2) is 13.3. The Labute approximate surface area is 274 Å².